The molecular weight excluding hydrogens is 508 g/mol. The van der Waals surface area contributed by atoms with Crippen LogP contribution < -0.4 is 29.9 Å². The highest BCUT2D eigenvalue weighted by Gasteiger charge is 2.19. The molecule has 0 aliphatic heterocycles. The zero-order chi connectivity index (χ0) is 29.1. The number of hydrogen-bond donors (Lipinski definition) is 4. The monoisotopic (exact) mass is 548 g/mol. The predicted molar refractivity (Wildman–Crippen MR) is 143 cm³/mol. The number of hydrogen-bond acceptors (Lipinski definition) is 9. The van der Waals surface area contributed by atoms with Gasteiger partial charge in [0.2, 0.25) is 0 Å². The van der Waals surface area contributed by atoms with Crippen molar-refractivity contribution in [2.75, 3.05) is 39.6 Å². The van der Waals surface area contributed by atoms with E-state index in [9.17, 15) is 9.59 Å². The summed E-state index contributed by atoms with van der Waals surface area (Å²) in [6.45, 7) is 12.6. The largest absolute Gasteiger partial charge is 0.487 e. The molecule has 0 heterocycles. The van der Waals surface area contributed by atoms with Crippen molar-refractivity contribution in [3.05, 3.63) is 47.5 Å². The van der Waals surface area contributed by atoms with Crippen LogP contribution in [0.2, 0.25) is 0 Å². The van der Waals surface area contributed by atoms with Crippen LogP contribution in [0.5, 0.6) is 23.0 Å². The Morgan fingerprint density at radius 2 is 1.00 bits per heavy atom. The Hall–Kier alpha value is -3.54. The van der Waals surface area contributed by atoms with Gasteiger partial charge in [-0.05, 0) is 46.2 Å². The fourth-order valence-corrected chi connectivity index (χ4v) is 3.29. The fourth-order valence-electron chi connectivity index (χ4n) is 3.29. The first kappa shape index (κ1) is 31.7. The molecule has 0 bridgehead atoms. The average Bonchev–Trinajstić information content (AvgIpc) is 2.89. The molecule has 0 aliphatic rings. The number of ether oxygens (including phenoxy) is 5. The number of carbonyl (C=O) groups is 2. The quantitative estimate of drug-likeness (QED) is 0.158. The molecule has 0 atom stereocenters. The Morgan fingerprint density at radius 1 is 0.615 bits per heavy atom. The van der Waals surface area contributed by atoms with E-state index in [-0.39, 0.29) is 50.5 Å². The minimum absolute atomic E-state index is 0.137. The lowest BCUT2D eigenvalue weighted by molar-refractivity contribution is -0.131. The molecule has 0 unspecified atom stereocenters. The van der Waals surface area contributed by atoms with Gasteiger partial charge < -0.3 is 23.7 Å². The van der Waals surface area contributed by atoms with Crippen LogP contribution in [0.25, 0.3) is 0 Å². The lowest BCUT2D eigenvalue weighted by Gasteiger charge is -2.21. The number of nitrogens with one attached hydrogen (secondary N) is 2. The highest BCUT2D eigenvalue weighted by Crippen LogP contribution is 2.34. The zero-order valence-corrected chi connectivity index (χ0v) is 23.5. The van der Waals surface area contributed by atoms with Gasteiger partial charge in [0.1, 0.15) is 13.2 Å². The molecule has 0 aliphatic carbocycles. The molecule has 2 amide bonds. The summed E-state index contributed by atoms with van der Waals surface area (Å²) in [4.78, 5) is 22.8. The first-order valence-corrected chi connectivity index (χ1v) is 12.6. The molecule has 0 saturated heterocycles. The SMILES string of the molecule is CC(C)(C)c1ccc(OCCOCCOc2ccc(C(C)(C)C)cc2OCC(=O)NO)c(OCC(=O)NO)c1. The molecule has 11 nitrogen and oxygen atoms in total. The standard InChI is InChI=1S/C28H40N2O9/c1-27(2,3)19-7-9-21(23(15-19)38-17-25(31)29-33)36-13-11-35-12-14-37-22-10-8-20(28(4,5)6)16-24(22)39-18-26(32)30-34/h7-10,15-16,33-34H,11-14,17-18H2,1-6H3,(H,29,31)(H,30,32). The van der Waals surface area contributed by atoms with Crippen LogP contribution in [0.4, 0.5) is 0 Å². The molecule has 0 saturated carbocycles. The first-order valence-electron chi connectivity index (χ1n) is 12.6. The molecule has 2 aromatic carbocycles. The summed E-state index contributed by atoms with van der Waals surface area (Å²) < 4.78 is 28.3. The van der Waals surface area contributed by atoms with Gasteiger partial charge in [-0.1, -0.05) is 53.7 Å². The molecule has 0 spiro atoms. The van der Waals surface area contributed by atoms with Gasteiger partial charge in [-0.15, -0.1) is 0 Å². The van der Waals surface area contributed by atoms with Crippen molar-refractivity contribution in [1.29, 1.82) is 0 Å². The Kier molecular flexibility index (Phi) is 11.8. The van der Waals surface area contributed by atoms with Gasteiger partial charge in [-0.2, -0.15) is 0 Å². The van der Waals surface area contributed by atoms with Gasteiger partial charge in [0.15, 0.2) is 36.2 Å². The minimum atomic E-state index is -0.677. The minimum Gasteiger partial charge on any atom is -0.487 e. The summed E-state index contributed by atoms with van der Waals surface area (Å²) in [6, 6.07) is 11.0. The topological polar surface area (TPSA) is 145 Å². The van der Waals surface area contributed by atoms with Crippen LogP contribution in [0.15, 0.2) is 36.4 Å². The molecule has 0 radical (unpaired) electrons. The van der Waals surface area contributed by atoms with Gasteiger partial charge in [-0.3, -0.25) is 20.0 Å². The summed E-state index contributed by atoms with van der Waals surface area (Å²) in [7, 11) is 0. The maximum absolute atomic E-state index is 11.4. The van der Waals surface area contributed by atoms with E-state index in [1.165, 1.54) is 11.0 Å². The van der Waals surface area contributed by atoms with E-state index in [0.29, 0.717) is 23.0 Å². The maximum Gasteiger partial charge on any atom is 0.281 e. The van der Waals surface area contributed by atoms with Gasteiger partial charge >= 0.3 is 0 Å². The molecule has 11 heteroatoms. The number of carbonyl (C=O) groups excluding carboxylic acids is 2. The van der Waals surface area contributed by atoms with E-state index >= 15 is 0 Å². The molecule has 2 rings (SSSR count). The Bertz CT molecular complexity index is 1010. The van der Waals surface area contributed by atoms with E-state index < -0.39 is 11.8 Å². The lowest BCUT2D eigenvalue weighted by Crippen LogP contribution is -2.25. The van der Waals surface area contributed by atoms with Crippen molar-refractivity contribution < 1.29 is 43.7 Å². The van der Waals surface area contributed by atoms with Crippen molar-refractivity contribution in [1.82, 2.24) is 11.0 Å². The number of benzene rings is 2. The van der Waals surface area contributed by atoms with Crippen LogP contribution in [0.3, 0.4) is 0 Å². The molecule has 0 fully saturated rings. The molecule has 39 heavy (non-hydrogen) atoms. The van der Waals surface area contributed by atoms with Crippen molar-refractivity contribution in [2.45, 2.75) is 52.4 Å². The van der Waals surface area contributed by atoms with Crippen LogP contribution >= 0.6 is 0 Å². The third-order valence-corrected chi connectivity index (χ3v) is 5.56. The van der Waals surface area contributed by atoms with Gasteiger partial charge in [-0.25, -0.2) is 11.0 Å². The van der Waals surface area contributed by atoms with Gasteiger partial charge in [0, 0.05) is 0 Å². The van der Waals surface area contributed by atoms with E-state index in [0.717, 1.165) is 11.1 Å². The van der Waals surface area contributed by atoms with Crippen molar-refractivity contribution >= 4 is 11.8 Å². The smallest absolute Gasteiger partial charge is 0.281 e. The number of hydroxylamine groups is 2. The summed E-state index contributed by atoms with van der Waals surface area (Å²) in [5.74, 6) is 0.306. The second kappa shape index (κ2) is 14.6. The van der Waals surface area contributed by atoms with Gasteiger partial charge in [0.25, 0.3) is 11.8 Å². The zero-order valence-electron chi connectivity index (χ0n) is 23.5. The summed E-state index contributed by atoms with van der Waals surface area (Å²) >= 11 is 0. The Morgan fingerprint density at radius 3 is 1.33 bits per heavy atom. The third kappa shape index (κ3) is 10.6. The number of rotatable bonds is 14. The van der Waals surface area contributed by atoms with E-state index in [4.69, 9.17) is 34.1 Å². The Balaban J connectivity index is 1.89. The van der Waals surface area contributed by atoms with Crippen LogP contribution in [-0.2, 0) is 25.2 Å². The fraction of sp³-hybridized carbons (Fsp3) is 0.500. The maximum atomic E-state index is 11.4. The second-order valence-electron chi connectivity index (χ2n) is 10.8. The summed E-state index contributed by atoms with van der Waals surface area (Å²) in [5, 5.41) is 17.5. The number of amides is 2. The van der Waals surface area contributed by atoms with Gasteiger partial charge in [0.05, 0.1) is 13.2 Å². The van der Waals surface area contributed by atoms with Crippen molar-refractivity contribution in [3.63, 3.8) is 0 Å². The van der Waals surface area contributed by atoms with Crippen molar-refractivity contribution in [3.8, 4) is 23.0 Å². The lowest BCUT2D eigenvalue weighted by atomic mass is 9.87. The predicted octanol–water partition coefficient (Wildman–Crippen LogP) is 3.52. The second-order valence-corrected chi connectivity index (χ2v) is 10.8. The highest BCUT2D eigenvalue weighted by molar-refractivity contribution is 5.76. The summed E-state index contributed by atoms with van der Waals surface area (Å²) in [5.41, 5.74) is 4.80. The van der Waals surface area contributed by atoms with E-state index in [1.807, 2.05) is 24.3 Å². The average molecular weight is 549 g/mol. The third-order valence-electron chi connectivity index (χ3n) is 5.56. The molecule has 2 aromatic rings. The van der Waals surface area contributed by atoms with Crippen LogP contribution in [0, 0.1) is 0 Å². The van der Waals surface area contributed by atoms with Crippen LogP contribution in [0.1, 0.15) is 52.7 Å². The normalized spacial score (nSPS) is 11.5. The molecule has 0 aromatic heterocycles. The molecule has 4 N–H and O–H groups in total. The van der Waals surface area contributed by atoms with Crippen molar-refractivity contribution in [2.24, 2.45) is 0 Å². The summed E-state index contributed by atoms with van der Waals surface area (Å²) in [6.07, 6.45) is 0. The Labute approximate surface area is 229 Å². The van der Waals surface area contributed by atoms with E-state index in [2.05, 4.69) is 41.5 Å². The molecule has 216 valence electrons. The first-order chi connectivity index (χ1) is 18.3. The highest BCUT2D eigenvalue weighted by atomic mass is 16.6. The van der Waals surface area contributed by atoms with Crippen LogP contribution in [-0.4, -0.2) is 61.9 Å². The van der Waals surface area contributed by atoms with E-state index in [1.54, 1.807) is 12.1 Å². The molecular formula is C28H40N2O9.